The van der Waals surface area contributed by atoms with Crippen molar-refractivity contribution in [1.82, 2.24) is 14.8 Å². The SMILES string of the molecule is Nc1ccc(-c2ncn(-c3ccc(C(F)F)cc3)n2)cc1F. The Morgan fingerprint density at radius 3 is 2.41 bits per heavy atom. The Hall–Kier alpha value is -2.83. The minimum absolute atomic E-state index is 0.0470. The van der Waals surface area contributed by atoms with Crippen molar-refractivity contribution in [1.29, 1.82) is 0 Å². The van der Waals surface area contributed by atoms with Crippen LogP contribution in [0.1, 0.15) is 12.0 Å². The van der Waals surface area contributed by atoms with Crippen LogP contribution < -0.4 is 5.73 Å². The number of halogens is 3. The van der Waals surface area contributed by atoms with Crippen LogP contribution in [0.3, 0.4) is 0 Å². The van der Waals surface area contributed by atoms with Gasteiger partial charge < -0.3 is 5.73 Å². The van der Waals surface area contributed by atoms with Gasteiger partial charge in [0, 0.05) is 11.1 Å². The zero-order valence-electron chi connectivity index (χ0n) is 11.2. The zero-order valence-corrected chi connectivity index (χ0v) is 11.2. The van der Waals surface area contributed by atoms with Crippen molar-refractivity contribution >= 4 is 5.69 Å². The molecule has 0 saturated carbocycles. The number of nitrogen functional groups attached to an aromatic ring is 1. The minimum Gasteiger partial charge on any atom is -0.396 e. The van der Waals surface area contributed by atoms with E-state index in [2.05, 4.69) is 10.1 Å². The first-order chi connectivity index (χ1) is 10.5. The van der Waals surface area contributed by atoms with Crippen molar-refractivity contribution in [2.45, 2.75) is 6.43 Å². The lowest BCUT2D eigenvalue weighted by Crippen LogP contribution is -1.96. The van der Waals surface area contributed by atoms with Crippen LogP contribution in [0, 0.1) is 5.82 Å². The fourth-order valence-corrected chi connectivity index (χ4v) is 1.96. The molecule has 3 aromatic rings. The van der Waals surface area contributed by atoms with Crippen molar-refractivity contribution in [3.63, 3.8) is 0 Å². The van der Waals surface area contributed by atoms with Gasteiger partial charge in [-0.15, -0.1) is 5.10 Å². The number of hydrogen-bond acceptors (Lipinski definition) is 3. The lowest BCUT2D eigenvalue weighted by molar-refractivity contribution is 0.151. The van der Waals surface area contributed by atoms with Gasteiger partial charge in [0.05, 0.1) is 11.4 Å². The van der Waals surface area contributed by atoms with Crippen molar-refractivity contribution in [3.8, 4) is 17.1 Å². The third-order valence-corrected chi connectivity index (χ3v) is 3.16. The van der Waals surface area contributed by atoms with Gasteiger partial charge in [-0.25, -0.2) is 22.8 Å². The van der Waals surface area contributed by atoms with Crippen LogP contribution >= 0.6 is 0 Å². The second-order valence-electron chi connectivity index (χ2n) is 4.64. The standard InChI is InChI=1S/C15H11F3N4/c16-12-7-10(3-6-13(12)19)15-20-8-22(21-15)11-4-1-9(2-5-11)14(17)18/h1-8,14H,19H2. The summed E-state index contributed by atoms with van der Waals surface area (Å²) in [5.41, 5.74) is 6.46. The molecule has 1 heterocycles. The summed E-state index contributed by atoms with van der Waals surface area (Å²) in [5.74, 6) is -0.230. The van der Waals surface area contributed by atoms with E-state index in [0.29, 0.717) is 17.1 Å². The second-order valence-corrected chi connectivity index (χ2v) is 4.64. The quantitative estimate of drug-likeness (QED) is 0.752. The summed E-state index contributed by atoms with van der Waals surface area (Å²) in [4.78, 5) is 4.09. The van der Waals surface area contributed by atoms with Gasteiger partial charge in [-0.2, -0.15) is 0 Å². The maximum Gasteiger partial charge on any atom is 0.263 e. The average Bonchev–Trinajstić information content (AvgIpc) is 3.00. The summed E-state index contributed by atoms with van der Waals surface area (Å²) in [5, 5.41) is 4.21. The second kappa shape index (κ2) is 5.51. The fourth-order valence-electron chi connectivity index (χ4n) is 1.96. The lowest BCUT2D eigenvalue weighted by atomic mass is 10.2. The van der Waals surface area contributed by atoms with Gasteiger partial charge >= 0.3 is 0 Å². The van der Waals surface area contributed by atoms with Crippen LogP contribution in [-0.2, 0) is 0 Å². The maximum absolute atomic E-state index is 13.5. The molecular weight excluding hydrogens is 293 g/mol. The number of alkyl halides is 2. The molecule has 3 rings (SSSR count). The molecule has 4 nitrogen and oxygen atoms in total. The van der Waals surface area contributed by atoms with Crippen molar-refractivity contribution < 1.29 is 13.2 Å². The predicted octanol–water partition coefficient (Wildman–Crippen LogP) is 3.59. The summed E-state index contributed by atoms with van der Waals surface area (Å²) >= 11 is 0. The average molecular weight is 304 g/mol. The molecule has 2 aromatic carbocycles. The number of anilines is 1. The number of hydrogen-bond donors (Lipinski definition) is 1. The molecule has 0 aliphatic heterocycles. The summed E-state index contributed by atoms with van der Waals surface area (Å²) in [6.07, 6.45) is -1.08. The zero-order chi connectivity index (χ0) is 15.7. The fraction of sp³-hybridized carbons (Fsp3) is 0.0667. The number of nitrogens with zero attached hydrogens (tertiary/aromatic N) is 3. The molecule has 2 N–H and O–H groups in total. The molecule has 0 aliphatic rings. The third kappa shape index (κ3) is 2.65. The first-order valence-corrected chi connectivity index (χ1v) is 6.40. The Morgan fingerprint density at radius 2 is 1.77 bits per heavy atom. The van der Waals surface area contributed by atoms with E-state index in [1.807, 2.05) is 0 Å². The topological polar surface area (TPSA) is 56.7 Å². The summed E-state index contributed by atoms with van der Waals surface area (Å²) in [7, 11) is 0. The van der Waals surface area contributed by atoms with E-state index >= 15 is 0 Å². The van der Waals surface area contributed by atoms with E-state index in [-0.39, 0.29) is 11.3 Å². The van der Waals surface area contributed by atoms with Crippen LogP contribution in [0.4, 0.5) is 18.9 Å². The van der Waals surface area contributed by atoms with Crippen LogP contribution in [0.15, 0.2) is 48.8 Å². The molecule has 0 radical (unpaired) electrons. The van der Waals surface area contributed by atoms with Crippen LogP contribution in [-0.4, -0.2) is 14.8 Å². The van der Waals surface area contributed by atoms with Gasteiger partial charge in [0.2, 0.25) is 0 Å². The molecule has 22 heavy (non-hydrogen) atoms. The third-order valence-electron chi connectivity index (χ3n) is 3.16. The Labute approximate surface area is 124 Å². The van der Waals surface area contributed by atoms with E-state index in [1.165, 1.54) is 47.4 Å². The number of aromatic nitrogens is 3. The lowest BCUT2D eigenvalue weighted by Gasteiger charge is -2.03. The number of benzene rings is 2. The predicted molar refractivity (Wildman–Crippen MR) is 76.1 cm³/mol. The van der Waals surface area contributed by atoms with Crippen LogP contribution in [0.25, 0.3) is 17.1 Å². The Morgan fingerprint density at radius 1 is 1.05 bits per heavy atom. The molecule has 0 fully saturated rings. The summed E-state index contributed by atoms with van der Waals surface area (Å²) < 4.78 is 39.9. The van der Waals surface area contributed by atoms with Crippen molar-refractivity contribution in [2.24, 2.45) is 0 Å². The monoisotopic (exact) mass is 304 g/mol. The molecule has 0 atom stereocenters. The van der Waals surface area contributed by atoms with Crippen LogP contribution in [0.2, 0.25) is 0 Å². The first-order valence-electron chi connectivity index (χ1n) is 6.40. The highest BCUT2D eigenvalue weighted by Crippen LogP contribution is 2.22. The van der Waals surface area contributed by atoms with Gasteiger partial charge in [-0.1, -0.05) is 12.1 Å². The van der Waals surface area contributed by atoms with E-state index in [0.717, 1.165) is 0 Å². The van der Waals surface area contributed by atoms with Gasteiger partial charge in [-0.05, 0) is 30.3 Å². The smallest absolute Gasteiger partial charge is 0.263 e. The van der Waals surface area contributed by atoms with Gasteiger partial charge in [-0.3, -0.25) is 0 Å². The molecule has 0 amide bonds. The summed E-state index contributed by atoms with van der Waals surface area (Å²) in [6.45, 7) is 0. The number of nitrogens with two attached hydrogens (primary N) is 1. The molecular formula is C15H11F3N4. The summed E-state index contributed by atoms with van der Waals surface area (Å²) in [6, 6.07) is 9.97. The molecule has 0 spiro atoms. The van der Waals surface area contributed by atoms with Crippen molar-refractivity contribution in [3.05, 3.63) is 60.2 Å². The largest absolute Gasteiger partial charge is 0.396 e. The highest BCUT2D eigenvalue weighted by Gasteiger charge is 2.10. The van der Waals surface area contributed by atoms with Gasteiger partial charge in [0.1, 0.15) is 12.1 Å². The number of rotatable bonds is 3. The normalized spacial score (nSPS) is 11.1. The maximum atomic E-state index is 13.5. The van der Waals surface area contributed by atoms with Crippen molar-refractivity contribution in [2.75, 3.05) is 5.73 Å². The van der Waals surface area contributed by atoms with E-state index < -0.39 is 12.2 Å². The van der Waals surface area contributed by atoms with E-state index in [1.54, 1.807) is 6.07 Å². The molecule has 112 valence electrons. The van der Waals surface area contributed by atoms with E-state index in [9.17, 15) is 13.2 Å². The molecule has 0 aliphatic carbocycles. The van der Waals surface area contributed by atoms with Crippen LogP contribution in [0.5, 0.6) is 0 Å². The Kier molecular flexibility index (Phi) is 3.54. The molecule has 0 saturated heterocycles. The Balaban J connectivity index is 1.91. The molecule has 0 unspecified atom stereocenters. The first kappa shape index (κ1) is 14.1. The van der Waals surface area contributed by atoms with E-state index in [4.69, 9.17) is 5.73 Å². The highest BCUT2D eigenvalue weighted by molar-refractivity contribution is 5.59. The molecule has 0 bridgehead atoms. The molecule has 7 heteroatoms. The Bertz CT molecular complexity index is 797. The minimum atomic E-state index is -2.52. The van der Waals surface area contributed by atoms with Gasteiger partial charge in [0.25, 0.3) is 6.43 Å². The molecule has 1 aromatic heterocycles. The van der Waals surface area contributed by atoms with Gasteiger partial charge in [0.15, 0.2) is 5.82 Å². The highest BCUT2D eigenvalue weighted by atomic mass is 19.3.